The van der Waals surface area contributed by atoms with Crippen LogP contribution in [0.15, 0.2) is 12.1 Å². The Labute approximate surface area is 68.9 Å². The monoisotopic (exact) mass is 150 g/mol. The van der Waals surface area contributed by atoms with E-state index in [2.05, 4.69) is 11.5 Å². The maximum atomic E-state index is 4.94. The van der Waals surface area contributed by atoms with E-state index in [0.29, 0.717) is 0 Å². The lowest BCUT2D eigenvalue weighted by molar-refractivity contribution is 0.332. The first-order chi connectivity index (χ1) is 5.43. The van der Waals surface area contributed by atoms with Gasteiger partial charge in [-0.1, -0.05) is 25.4 Å². The summed E-state index contributed by atoms with van der Waals surface area (Å²) in [6.07, 6.45) is 4.20. The molecule has 0 atom stereocenters. The first-order valence-corrected chi connectivity index (χ1v) is 3.70. The summed E-state index contributed by atoms with van der Waals surface area (Å²) in [5.41, 5.74) is 0. The summed E-state index contributed by atoms with van der Waals surface area (Å²) >= 11 is 0. The van der Waals surface area contributed by atoms with E-state index in [4.69, 9.17) is 9.14 Å². The van der Waals surface area contributed by atoms with Crippen LogP contribution in [0.4, 0.5) is 0 Å². The van der Waals surface area contributed by atoms with Crippen LogP contribution in [0.25, 0.3) is 0 Å². The minimum absolute atomic E-state index is 0.310. The Balaban J connectivity index is 2.13. The largest absolute Gasteiger partial charge is 0.458 e. The van der Waals surface area contributed by atoms with E-state index in [9.17, 15) is 0 Å². The number of hydrogen-bond donors (Lipinski definition) is 0. The van der Waals surface area contributed by atoms with E-state index in [-0.39, 0.29) is 7.12 Å². The Morgan fingerprint density at radius 1 is 1.36 bits per heavy atom. The molecule has 0 aliphatic carbocycles. The van der Waals surface area contributed by atoms with Gasteiger partial charge in [-0.05, 0) is 6.42 Å². The zero-order valence-corrected chi connectivity index (χ0v) is 6.53. The van der Waals surface area contributed by atoms with Crippen molar-refractivity contribution in [3.63, 3.8) is 0 Å². The van der Waals surface area contributed by atoms with Crippen molar-refractivity contribution >= 4 is 22.5 Å². The lowest BCUT2D eigenvalue weighted by Gasteiger charge is -2.14. The van der Waals surface area contributed by atoms with Crippen molar-refractivity contribution in [3.05, 3.63) is 12.1 Å². The number of hydrogen-bond acceptors (Lipinski definition) is 3. The van der Waals surface area contributed by atoms with Crippen molar-refractivity contribution in [1.29, 1.82) is 0 Å². The van der Waals surface area contributed by atoms with Crippen LogP contribution in [0.5, 0.6) is 0 Å². The Morgan fingerprint density at radius 3 is 2.73 bits per heavy atom. The van der Waals surface area contributed by atoms with Gasteiger partial charge in [-0.25, -0.2) is 0 Å². The molecule has 6 heteroatoms. The summed E-state index contributed by atoms with van der Waals surface area (Å²) in [4.78, 5) is 0. The van der Waals surface area contributed by atoms with Crippen LogP contribution < -0.4 is 0 Å². The molecular formula is C5H9B3O3. The van der Waals surface area contributed by atoms with Crippen molar-refractivity contribution in [3.8, 4) is 0 Å². The van der Waals surface area contributed by atoms with Gasteiger partial charge in [-0.2, -0.15) is 0 Å². The summed E-state index contributed by atoms with van der Waals surface area (Å²) in [5.74, 6) is 1.86. The quantitative estimate of drug-likeness (QED) is 0.547. The van der Waals surface area contributed by atoms with E-state index in [1.54, 1.807) is 0 Å². The van der Waals surface area contributed by atoms with Crippen LogP contribution in [-0.2, 0) is 13.7 Å². The maximum absolute atomic E-state index is 4.94. The number of allylic oxidation sites excluding steroid dienone is 1. The van der Waals surface area contributed by atoms with E-state index in [0.717, 1.165) is 12.8 Å². The van der Waals surface area contributed by atoms with Crippen molar-refractivity contribution in [2.45, 2.75) is 19.8 Å². The Hall–Kier alpha value is -0.185. The predicted octanol–water partition coefficient (Wildman–Crippen LogP) is 0.502. The lowest BCUT2D eigenvalue weighted by atomic mass is 9.84. The average molecular weight is 150 g/mol. The summed E-state index contributed by atoms with van der Waals surface area (Å²) in [5, 5.41) is 0. The zero-order chi connectivity index (χ0) is 7.94. The molecule has 0 amide bonds. The smallest absolute Gasteiger partial charge is 0.457 e. The molecule has 3 nitrogen and oxygen atoms in total. The topological polar surface area (TPSA) is 27.7 Å². The first kappa shape index (κ1) is 8.91. The highest BCUT2D eigenvalue weighted by molar-refractivity contribution is 6.64. The number of rotatable bonds is 3. The van der Waals surface area contributed by atoms with Crippen LogP contribution in [0.3, 0.4) is 0 Å². The third-order valence-corrected chi connectivity index (χ3v) is 1.24. The summed E-state index contributed by atoms with van der Waals surface area (Å²) < 4.78 is 14.5. The summed E-state index contributed by atoms with van der Waals surface area (Å²) in [6.45, 7) is 2.12. The maximum Gasteiger partial charge on any atom is 0.458 e. The predicted molar refractivity (Wildman–Crippen MR) is 44.6 cm³/mol. The van der Waals surface area contributed by atoms with Gasteiger partial charge in [0.1, 0.15) is 0 Å². The molecule has 0 saturated carbocycles. The standard InChI is InChI=1S/C5H9B3O3/c1-2-3-4-5-8-10-6-9-7-11-8/h4-5H,2-3H2,1H3/b5-4+. The van der Waals surface area contributed by atoms with Crippen LogP contribution in [0, 0.1) is 0 Å². The van der Waals surface area contributed by atoms with E-state index < -0.39 is 0 Å². The van der Waals surface area contributed by atoms with E-state index >= 15 is 0 Å². The molecular weight excluding hydrogens is 140 g/mol. The Bertz CT molecular complexity index is 124. The fourth-order valence-corrected chi connectivity index (χ4v) is 0.693. The van der Waals surface area contributed by atoms with Crippen LogP contribution >= 0.6 is 0 Å². The highest BCUT2D eigenvalue weighted by Crippen LogP contribution is 1.98. The molecule has 0 aromatic carbocycles. The van der Waals surface area contributed by atoms with Gasteiger partial charge in [0, 0.05) is 0 Å². The van der Waals surface area contributed by atoms with Gasteiger partial charge in [0.25, 0.3) is 0 Å². The van der Waals surface area contributed by atoms with Crippen molar-refractivity contribution < 1.29 is 13.7 Å². The molecule has 56 valence electrons. The summed E-state index contributed by atoms with van der Waals surface area (Å²) in [7, 11) is 2.20. The molecule has 1 aliphatic heterocycles. The molecule has 0 N–H and O–H groups in total. The fourth-order valence-electron chi connectivity index (χ4n) is 0.693. The van der Waals surface area contributed by atoms with Crippen LogP contribution in [-0.4, -0.2) is 22.5 Å². The van der Waals surface area contributed by atoms with Gasteiger partial charge in [-0.3, -0.25) is 0 Å². The van der Waals surface area contributed by atoms with E-state index in [1.807, 2.05) is 12.1 Å². The van der Waals surface area contributed by atoms with Gasteiger partial charge in [0.15, 0.2) is 0 Å². The molecule has 0 aromatic rings. The summed E-state index contributed by atoms with van der Waals surface area (Å²) in [6, 6.07) is 0. The molecule has 0 aromatic heterocycles. The molecule has 0 bridgehead atoms. The van der Waals surface area contributed by atoms with Gasteiger partial charge < -0.3 is 13.7 Å². The van der Waals surface area contributed by atoms with Crippen molar-refractivity contribution in [1.82, 2.24) is 0 Å². The SMILES string of the molecule is CCC/C=C/B1O[B]O[B]O1. The molecule has 0 unspecified atom stereocenters. The van der Waals surface area contributed by atoms with Gasteiger partial charge in [0.2, 0.25) is 0 Å². The highest BCUT2D eigenvalue weighted by Gasteiger charge is 2.20. The molecule has 11 heavy (non-hydrogen) atoms. The molecule has 1 heterocycles. The van der Waals surface area contributed by atoms with Gasteiger partial charge >= 0.3 is 22.5 Å². The minimum Gasteiger partial charge on any atom is -0.457 e. The highest BCUT2D eigenvalue weighted by atomic mass is 16.7. The molecule has 0 spiro atoms. The van der Waals surface area contributed by atoms with Gasteiger partial charge in [0.05, 0.1) is 0 Å². The Kier molecular flexibility index (Phi) is 4.42. The van der Waals surface area contributed by atoms with Crippen LogP contribution in [0.2, 0.25) is 0 Å². The second kappa shape index (κ2) is 5.46. The molecule has 1 saturated heterocycles. The average Bonchev–Trinajstić information content (AvgIpc) is 2.07. The third kappa shape index (κ3) is 3.65. The second-order valence-corrected chi connectivity index (χ2v) is 2.19. The van der Waals surface area contributed by atoms with E-state index in [1.165, 1.54) is 15.4 Å². The third-order valence-electron chi connectivity index (χ3n) is 1.24. The zero-order valence-electron chi connectivity index (χ0n) is 6.53. The minimum atomic E-state index is -0.310. The Morgan fingerprint density at radius 2 is 2.09 bits per heavy atom. The molecule has 1 rings (SSSR count). The molecule has 1 aliphatic rings. The fraction of sp³-hybridized carbons (Fsp3) is 0.600. The van der Waals surface area contributed by atoms with Crippen LogP contribution in [0.1, 0.15) is 19.8 Å². The second-order valence-electron chi connectivity index (χ2n) is 2.19. The molecule has 1 fully saturated rings. The first-order valence-electron chi connectivity index (χ1n) is 3.70. The van der Waals surface area contributed by atoms with Gasteiger partial charge in [-0.15, -0.1) is 0 Å². The normalized spacial score (nSPS) is 18.1. The lowest BCUT2D eigenvalue weighted by Crippen LogP contribution is -2.33. The van der Waals surface area contributed by atoms with Crippen molar-refractivity contribution in [2.24, 2.45) is 0 Å². The van der Waals surface area contributed by atoms with Crippen molar-refractivity contribution in [2.75, 3.05) is 0 Å². The number of unbranched alkanes of at least 4 members (excludes halogenated alkanes) is 1. The molecule has 2 radical (unpaired) electrons.